The Morgan fingerprint density at radius 3 is 2.48 bits per heavy atom. The molecule has 0 saturated carbocycles. The molecule has 1 amide bonds. The Kier molecular flexibility index (Phi) is 3.39. The Labute approximate surface area is 134 Å². The average Bonchev–Trinajstić information content (AvgIpc) is 2.72. The van der Waals surface area contributed by atoms with Crippen LogP contribution in [0.15, 0.2) is 23.8 Å². The third-order valence-electron chi connectivity index (χ3n) is 4.21. The van der Waals surface area contributed by atoms with E-state index in [-0.39, 0.29) is 17.0 Å². The molecule has 1 aliphatic carbocycles. The summed E-state index contributed by atoms with van der Waals surface area (Å²) in [4.78, 5) is 37.2. The maximum atomic E-state index is 12.5. The van der Waals surface area contributed by atoms with Gasteiger partial charge in [-0.3, -0.25) is 14.4 Å². The molecule has 0 aromatic heterocycles. The number of ketones is 2. The van der Waals surface area contributed by atoms with Crippen molar-refractivity contribution in [3.63, 3.8) is 0 Å². The first-order chi connectivity index (χ1) is 10.7. The highest BCUT2D eigenvalue weighted by Crippen LogP contribution is 2.45. The van der Waals surface area contributed by atoms with E-state index in [0.29, 0.717) is 29.5 Å². The minimum atomic E-state index is -1.02. The van der Waals surface area contributed by atoms with Gasteiger partial charge in [-0.1, -0.05) is 19.9 Å². The van der Waals surface area contributed by atoms with E-state index in [4.69, 9.17) is 4.74 Å². The van der Waals surface area contributed by atoms with Gasteiger partial charge in [-0.2, -0.15) is 0 Å². The number of amides is 1. The van der Waals surface area contributed by atoms with Crippen LogP contribution in [0.5, 0.6) is 5.75 Å². The molecule has 0 saturated heterocycles. The van der Waals surface area contributed by atoms with Gasteiger partial charge in [0, 0.05) is 11.1 Å². The van der Waals surface area contributed by atoms with Gasteiger partial charge < -0.3 is 10.1 Å². The Bertz CT molecular complexity index is 771. The van der Waals surface area contributed by atoms with Gasteiger partial charge in [-0.25, -0.2) is 0 Å². The van der Waals surface area contributed by atoms with Gasteiger partial charge in [-0.15, -0.1) is 0 Å². The topological polar surface area (TPSA) is 72.5 Å². The summed E-state index contributed by atoms with van der Waals surface area (Å²) in [5.41, 5.74) is 0.435. The van der Waals surface area contributed by atoms with Crippen molar-refractivity contribution >= 4 is 23.2 Å². The van der Waals surface area contributed by atoms with Crippen LogP contribution < -0.4 is 10.1 Å². The molecule has 23 heavy (non-hydrogen) atoms. The van der Waals surface area contributed by atoms with E-state index < -0.39 is 17.0 Å². The lowest BCUT2D eigenvalue weighted by atomic mass is 9.76. The predicted molar refractivity (Wildman–Crippen MR) is 85.0 cm³/mol. The number of hydrogen-bond acceptors (Lipinski definition) is 4. The Morgan fingerprint density at radius 1 is 1.13 bits per heavy atom. The monoisotopic (exact) mass is 313 g/mol. The SMILES string of the molecule is CC(C)COc1cccc2c1C1=C(C(=O)C2=O)C(C)(C)C(=O)N1. The fourth-order valence-corrected chi connectivity index (χ4v) is 2.93. The number of nitrogens with one attached hydrogen (secondary N) is 1. The van der Waals surface area contributed by atoms with E-state index in [2.05, 4.69) is 5.32 Å². The van der Waals surface area contributed by atoms with Crippen LogP contribution in [-0.2, 0) is 9.59 Å². The molecular formula is C18H19NO4. The van der Waals surface area contributed by atoms with Crippen molar-refractivity contribution in [1.82, 2.24) is 5.32 Å². The number of Topliss-reactive ketones (excluding diaryl/α,β-unsaturated/α-hetero) is 2. The number of carbonyl (C=O) groups is 3. The van der Waals surface area contributed by atoms with Gasteiger partial charge in [-0.05, 0) is 31.9 Å². The highest BCUT2D eigenvalue weighted by molar-refractivity contribution is 6.54. The fourth-order valence-electron chi connectivity index (χ4n) is 2.93. The van der Waals surface area contributed by atoms with Gasteiger partial charge in [0.25, 0.3) is 0 Å². The molecule has 1 heterocycles. The molecule has 0 atom stereocenters. The molecule has 0 fully saturated rings. The van der Waals surface area contributed by atoms with Crippen LogP contribution in [0.4, 0.5) is 0 Å². The maximum Gasteiger partial charge on any atom is 0.234 e. The first-order valence-corrected chi connectivity index (χ1v) is 7.66. The molecule has 1 aliphatic heterocycles. The lowest BCUT2D eigenvalue weighted by Crippen LogP contribution is -2.32. The zero-order valence-corrected chi connectivity index (χ0v) is 13.6. The molecule has 0 unspecified atom stereocenters. The number of hydrogen-bond donors (Lipinski definition) is 1. The van der Waals surface area contributed by atoms with E-state index in [9.17, 15) is 14.4 Å². The second kappa shape index (κ2) is 5.05. The fraction of sp³-hybridized carbons (Fsp3) is 0.389. The Hall–Kier alpha value is -2.43. The van der Waals surface area contributed by atoms with E-state index in [1.807, 2.05) is 13.8 Å². The highest BCUT2D eigenvalue weighted by Gasteiger charge is 2.50. The minimum Gasteiger partial charge on any atom is -0.493 e. The van der Waals surface area contributed by atoms with Crippen LogP contribution in [0.25, 0.3) is 5.70 Å². The van der Waals surface area contributed by atoms with Gasteiger partial charge in [0.05, 0.1) is 23.3 Å². The van der Waals surface area contributed by atoms with Crippen molar-refractivity contribution in [3.05, 3.63) is 34.9 Å². The molecule has 5 nitrogen and oxygen atoms in total. The Morgan fingerprint density at radius 2 is 1.83 bits per heavy atom. The third-order valence-corrected chi connectivity index (χ3v) is 4.21. The molecule has 120 valence electrons. The van der Waals surface area contributed by atoms with Crippen molar-refractivity contribution in [1.29, 1.82) is 0 Å². The Balaban J connectivity index is 2.21. The molecule has 1 N–H and O–H groups in total. The smallest absolute Gasteiger partial charge is 0.234 e. The molecule has 0 spiro atoms. The highest BCUT2D eigenvalue weighted by atomic mass is 16.5. The van der Waals surface area contributed by atoms with E-state index in [1.165, 1.54) is 0 Å². The van der Waals surface area contributed by atoms with Crippen LogP contribution in [0.2, 0.25) is 0 Å². The van der Waals surface area contributed by atoms with E-state index in [1.54, 1.807) is 32.0 Å². The van der Waals surface area contributed by atoms with Crippen LogP contribution >= 0.6 is 0 Å². The summed E-state index contributed by atoms with van der Waals surface area (Å²) in [6, 6.07) is 5.04. The normalized spacial score (nSPS) is 18.9. The van der Waals surface area contributed by atoms with Gasteiger partial charge in [0.15, 0.2) is 0 Å². The summed E-state index contributed by atoms with van der Waals surface area (Å²) in [6.07, 6.45) is 0. The number of benzene rings is 1. The summed E-state index contributed by atoms with van der Waals surface area (Å²) in [5, 5.41) is 2.77. The van der Waals surface area contributed by atoms with Crippen molar-refractivity contribution in [2.45, 2.75) is 27.7 Å². The summed E-state index contributed by atoms with van der Waals surface area (Å²) in [7, 11) is 0. The molecule has 3 rings (SSSR count). The number of rotatable bonds is 3. The zero-order chi connectivity index (χ0) is 16.9. The van der Waals surface area contributed by atoms with Crippen LogP contribution in [0, 0.1) is 11.3 Å². The first-order valence-electron chi connectivity index (χ1n) is 7.66. The maximum absolute atomic E-state index is 12.5. The standard InChI is InChI=1S/C18H19NO4/c1-9(2)8-23-11-7-5-6-10-12(11)14-13(16(21)15(10)20)18(3,4)17(22)19-14/h5-7,9H,8H2,1-4H3,(H,19,22). The minimum absolute atomic E-state index is 0.237. The molecular weight excluding hydrogens is 294 g/mol. The lowest BCUT2D eigenvalue weighted by Gasteiger charge is -2.23. The second-order valence-electron chi connectivity index (χ2n) is 6.87. The van der Waals surface area contributed by atoms with Crippen LogP contribution in [0.1, 0.15) is 43.6 Å². The summed E-state index contributed by atoms with van der Waals surface area (Å²) < 4.78 is 5.81. The van der Waals surface area contributed by atoms with E-state index >= 15 is 0 Å². The molecule has 5 heteroatoms. The van der Waals surface area contributed by atoms with Crippen molar-refractivity contribution in [2.24, 2.45) is 11.3 Å². The quantitative estimate of drug-likeness (QED) is 0.870. The summed E-state index contributed by atoms with van der Waals surface area (Å²) in [5.74, 6) is -0.650. The van der Waals surface area contributed by atoms with Gasteiger partial charge in [0.2, 0.25) is 17.5 Å². The second-order valence-corrected chi connectivity index (χ2v) is 6.87. The lowest BCUT2D eigenvalue weighted by molar-refractivity contribution is -0.126. The summed E-state index contributed by atoms with van der Waals surface area (Å²) >= 11 is 0. The van der Waals surface area contributed by atoms with Gasteiger partial charge >= 0.3 is 0 Å². The molecule has 0 radical (unpaired) electrons. The largest absolute Gasteiger partial charge is 0.493 e. The van der Waals surface area contributed by atoms with Crippen LogP contribution in [-0.4, -0.2) is 24.1 Å². The third kappa shape index (κ3) is 2.19. The van der Waals surface area contributed by atoms with Crippen molar-refractivity contribution in [2.75, 3.05) is 6.61 Å². The van der Waals surface area contributed by atoms with Crippen molar-refractivity contribution < 1.29 is 19.1 Å². The number of ether oxygens (including phenoxy) is 1. The van der Waals surface area contributed by atoms with Crippen molar-refractivity contribution in [3.8, 4) is 5.75 Å². The first kappa shape index (κ1) is 15.5. The van der Waals surface area contributed by atoms with Crippen LogP contribution in [0.3, 0.4) is 0 Å². The molecule has 0 bridgehead atoms. The number of carbonyl (C=O) groups excluding carboxylic acids is 3. The molecule has 1 aromatic carbocycles. The number of fused-ring (bicyclic) bond motifs is 2. The summed E-state index contributed by atoms with van der Waals surface area (Å²) in [6.45, 7) is 7.83. The molecule has 2 aliphatic rings. The predicted octanol–water partition coefficient (Wildman–Crippen LogP) is 2.35. The average molecular weight is 313 g/mol. The zero-order valence-electron chi connectivity index (χ0n) is 13.6. The van der Waals surface area contributed by atoms with Gasteiger partial charge in [0.1, 0.15) is 5.75 Å². The molecule has 1 aromatic rings. The van der Waals surface area contributed by atoms with E-state index in [0.717, 1.165) is 0 Å².